The molecule has 1 heterocycles. The van der Waals surface area contributed by atoms with Crippen molar-refractivity contribution in [2.75, 3.05) is 13.2 Å². The summed E-state index contributed by atoms with van der Waals surface area (Å²) >= 11 is 0. The van der Waals surface area contributed by atoms with Crippen LogP contribution in [0.15, 0.2) is 0 Å². The first-order valence-corrected chi connectivity index (χ1v) is 2.39. The molecule has 1 unspecified atom stereocenters. The molecule has 0 aliphatic carbocycles. The van der Waals surface area contributed by atoms with Crippen LogP contribution in [-0.4, -0.2) is 19.0 Å². The molecule has 0 bridgehead atoms. The average Bonchev–Trinajstić information content (AvgIpc) is 1.84. The highest BCUT2D eigenvalue weighted by Gasteiger charge is 2.22. The smallest absolute Gasteiger partial charge is 0.169 e. The van der Waals surface area contributed by atoms with E-state index in [9.17, 15) is 0 Å². The predicted octanol–water partition coefficient (Wildman–Crippen LogP) is -0.761. The molecule has 1 aliphatic rings. The summed E-state index contributed by atoms with van der Waals surface area (Å²) in [6.07, 6.45) is 0. The average molecular weight is 102 g/mol. The van der Waals surface area contributed by atoms with Crippen molar-refractivity contribution < 1.29 is 4.74 Å². The van der Waals surface area contributed by atoms with Crippen molar-refractivity contribution in [3.8, 4) is 0 Å². The van der Waals surface area contributed by atoms with Crippen molar-refractivity contribution in [1.29, 1.82) is 0 Å². The topological polar surface area (TPSA) is 47.3 Å². The Morgan fingerprint density at radius 3 is 2.71 bits per heavy atom. The highest BCUT2D eigenvalue weighted by Crippen LogP contribution is 2.00. The van der Waals surface area contributed by atoms with E-state index in [1.165, 1.54) is 0 Å². The van der Waals surface area contributed by atoms with E-state index < -0.39 is 5.85 Å². The lowest BCUT2D eigenvalue weighted by atomic mass is 10.5. The minimum atomic E-state index is -0.556. The maximum atomic E-state index is 5.44. The van der Waals surface area contributed by atoms with Crippen LogP contribution in [0.1, 0.15) is 6.92 Å². The summed E-state index contributed by atoms with van der Waals surface area (Å²) in [5.41, 5.74) is 5.44. The largest absolute Gasteiger partial charge is 0.346 e. The van der Waals surface area contributed by atoms with Gasteiger partial charge in [0.05, 0.1) is 6.61 Å². The van der Waals surface area contributed by atoms with Crippen molar-refractivity contribution >= 4 is 0 Å². The molecule has 1 saturated heterocycles. The quantitative estimate of drug-likeness (QED) is 0.422. The summed E-state index contributed by atoms with van der Waals surface area (Å²) < 4.78 is 5.01. The van der Waals surface area contributed by atoms with Gasteiger partial charge < -0.3 is 4.74 Å². The van der Waals surface area contributed by atoms with Crippen LogP contribution < -0.4 is 11.1 Å². The van der Waals surface area contributed by atoms with Gasteiger partial charge >= 0.3 is 0 Å². The molecule has 1 fully saturated rings. The fraction of sp³-hybridized carbons (Fsp3) is 1.00. The van der Waals surface area contributed by atoms with Gasteiger partial charge in [0.25, 0.3) is 0 Å². The second-order valence-corrected chi connectivity index (χ2v) is 1.88. The van der Waals surface area contributed by atoms with Gasteiger partial charge in [-0.2, -0.15) is 0 Å². The Bertz CT molecular complexity index is 64.1. The standard InChI is InChI=1S/C4H10N2O/c1-4(5)6-2-3-7-4/h6H,2-3,5H2,1H3. The highest BCUT2D eigenvalue weighted by atomic mass is 16.5. The Balaban J connectivity index is 2.40. The van der Waals surface area contributed by atoms with Gasteiger partial charge in [-0.3, -0.25) is 11.1 Å². The molecule has 1 atom stereocenters. The van der Waals surface area contributed by atoms with Crippen LogP contribution in [0.3, 0.4) is 0 Å². The Labute approximate surface area is 42.8 Å². The van der Waals surface area contributed by atoms with Gasteiger partial charge in [-0.15, -0.1) is 0 Å². The van der Waals surface area contributed by atoms with Gasteiger partial charge in [0, 0.05) is 6.54 Å². The Kier molecular flexibility index (Phi) is 1.03. The number of ether oxygens (including phenoxy) is 1. The van der Waals surface area contributed by atoms with Gasteiger partial charge in [-0.1, -0.05) is 0 Å². The zero-order valence-electron chi connectivity index (χ0n) is 4.40. The normalized spacial score (nSPS) is 42.0. The van der Waals surface area contributed by atoms with E-state index >= 15 is 0 Å². The lowest BCUT2D eigenvalue weighted by Gasteiger charge is -2.15. The molecule has 1 aliphatic heterocycles. The summed E-state index contributed by atoms with van der Waals surface area (Å²) in [7, 11) is 0. The molecule has 0 amide bonds. The molecular formula is C4H10N2O. The SMILES string of the molecule is CC1(N)NCCO1. The number of hydrogen-bond acceptors (Lipinski definition) is 3. The van der Waals surface area contributed by atoms with Crippen LogP contribution in [-0.2, 0) is 4.74 Å². The molecule has 0 saturated carbocycles. The molecule has 0 radical (unpaired) electrons. The number of hydrogen-bond donors (Lipinski definition) is 2. The van der Waals surface area contributed by atoms with Gasteiger partial charge in [0.2, 0.25) is 0 Å². The Morgan fingerprint density at radius 2 is 2.57 bits per heavy atom. The van der Waals surface area contributed by atoms with Crippen LogP contribution in [0, 0.1) is 0 Å². The minimum absolute atomic E-state index is 0.556. The summed E-state index contributed by atoms with van der Waals surface area (Å²) in [5, 5.41) is 2.95. The van der Waals surface area contributed by atoms with Crippen molar-refractivity contribution in [3.63, 3.8) is 0 Å². The number of nitrogens with one attached hydrogen (secondary N) is 1. The Hall–Kier alpha value is -0.120. The zero-order chi connectivity index (χ0) is 5.33. The second kappa shape index (κ2) is 1.43. The molecule has 0 spiro atoms. The van der Waals surface area contributed by atoms with E-state index in [2.05, 4.69) is 5.32 Å². The van der Waals surface area contributed by atoms with E-state index in [1.54, 1.807) is 6.92 Å². The van der Waals surface area contributed by atoms with Crippen LogP contribution in [0.2, 0.25) is 0 Å². The summed E-state index contributed by atoms with van der Waals surface area (Å²) in [4.78, 5) is 0. The van der Waals surface area contributed by atoms with Crippen molar-refractivity contribution in [2.24, 2.45) is 5.73 Å². The lowest BCUT2D eigenvalue weighted by molar-refractivity contribution is 0.0123. The molecule has 7 heavy (non-hydrogen) atoms. The van der Waals surface area contributed by atoms with E-state index in [4.69, 9.17) is 10.5 Å². The summed E-state index contributed by atoms with van der Waals surface area (Å²) in [5.74, 6) is -0.556. The highest BCUT2D eigenvalue weighted by molar-refractivity contribution is 4.68. The van der Waals surface area contributed by atoms with Crippen LogP contribution in [0.5, 0.6) is 0 Å². The first-order valence-electron chi connectivity index (χ1n) is 2.39. The predicted molar refractivity (Wildman–Crippen MR) is 26.5 cm³/mol. The third-order valence-corrected chi connectivity index (χ3v) is 0.980. The molecule has 42 valence electrons. The molecule has 0 aromatic rings. The third kappa shape index (κ3) is 1.12. The van der Waals surface area contributed by atoms with E-state index in [0.29, 0.717) is 0 Å². The maximum Gasteiger partial charge on any atom is 0.169 e. The third-order valence-electron chi connectivity index (χ3n) is 0.980. The van der Waals surface area contributed by atoms with Gasteiger partial charge in [-0.05, 0) is 6.92 Å². The molecule has 3 heteroatoms. The summed E-state index contributed by atoms with van der Waals surface area (Å²) in [6.45, 7) is 3.40. The fourth-order valence-corrected chi connectivity index (χ4v) is 0.613. The van der Waals surface area contributed by atoms with Crippen molar-refractivity contribution in [1.82, 2.24) is 5.32 Å². The molecular weight excluding hydrogens is 92.1 g/mol. The van der Waals surface area contributed by atoms with Crippen LogP contribution in [0.25, 0.3) is 0 Å². The van der Waals surface area contributed by atoms with E-state index in [-0.39, 0.29) is 0 Å². The number of nitrogens with two attached hydrogens (primary N) is 1. The van der Waals surface area contributed by atoms with E-state index in [1.807, 2.05) is 0 Å². The molecule has 3 N–H and O–H groups in total. The van der Waals surface area contributed by atoms with Gasteiger partial charge in [0.15, 0.2) is 5.85 Å². The van der Waals surface area contributed by atoms with Crippen LogP contribution >= 0.6 is 0 Å². The van der Waals surface area contributed by atoms with Crippen LogP contribution in [0.4, 0.5) is 0 Å². The van der Waals surface area contributed by atoms with Gasteiger partial charge in [0.1, 0.15) is 0 Å². The first kappa shape index (κ1) is 5.03. The lowest BCUT2D eigenvalue weighted by Crippen LogP contribution is -2.46. The Morgan fingerprint density at radius 1 is 1.86 bits per heavy atom. The minimum Gasteiger partial charge on any atom is -0.346 e. The van der Waals surface area contributed by atoms with Gasteiger partial charge in [-0.25, -0.2) is 0 Å². The second-order valence-electron chi connectivity index (χ2n) is 1.88. The first-order chi connectivity index (χ1) is 3.21. The van der Waals surface area contributed by atoms with Crippen molar-refractivity contribution in [3.05, 3.63) is 0 Å². The zero-order valence-corrected chi connectivity index (χ0v) is 4.40. The van der Waals surface area contributed by atoms with Crippen molar-refractivity contribution in [2.45, 2.75) is 12.8 Å². The fourth-order valence-electron chi connectivity index (χ4n) is 0.613. The monoisotopic (exact) mass is 102 g/mol. The molecule has 0 aromatic carbocycles. The number of rotatable bonds is 0. The molecule has 1 rings (SSSR count). The summed E-state index contributed by atoms with van der Waals surface area (Å²) in [6, 6.07) is 0. The molecule has 0 aromatic heterocycles. The molecule has 3 nitrogen and oxygen atoms in total. The van der Waals surface area contributed by atoms with E-state index in [0.717, 1.165) is 13.2 Å². The maximum absolute atomic E-state index is 5.44.